The van der Waals surface area contributed by atoms with Gasteiger partial charge in [0.05, 0.1) is 28.0 Å². The molecule has 2 heterocycles. The van der Waals surface area contributed by atoms with Gasteiger partial charge in [-0.2, -0.15) is 0 Å². The van der Waals surface area contributed by atoms with Crippen molar-refractivity contribution in [3.05, 3.63) is 82.5 Å². The quantitative estimate of drug-likeness (QED) is 0.383. The molecule has 2 aromatic carbocycles. The van der Waals surface area contributed by atoms with Crippen LogP contribution in [0.15, 0.2) is 64.6 Å². The maximum Gasteiger partial charge on any atom is 0.335 e. The van der Waals surface area contributed by atoms with Gasteiger partial charge in [0.2, 0.25) is 0 Å². The number of carboxylic acids is 1. The molecule has 0 aliphatic rings. The number of aromatic nitrogens is 2. The minimum absolute atomic E-state index is 0.0466. The second kappa shape index (κ2) is 8.13. The number of aromatic carboxylic acids is 1. The van der Waals surface area contributed by atoms with Gasteiger partial charge < -0.3 is 9.67 Å². The van der Waals surface area contributed by atoms with E-state index < -0.39 is 11.8 Å². The fraction of sp³-hybridized carbons (Fsp3) is 0.130. The third-order valence-corrected chi connectivity index (χ3v) is 6.45. The minimum Gasteiger partial charge on any atom is -0.478 e. The third-order valence-electron chi connectivity index (χ3n) is 4.95. The van der Waals surface area contributed by atoms with Crippen LogP contribution in [0.1, 0.15) is 28.5 Å². The lowest BCUT2D eigenvalue weighted by Crippen LogP contribution is -2.00. The monoisotopic (exact) mass is 440 g/mol. The lowest BCUT2D eigenvalue weighted by atomic mass is 10.2. The fourth-order valence-corrected chi connectivity index (χ4v) is 4.69. The van der Waals surface area contributed by atoms with E-state index in [0.717, 1.165) is 33.2 Å². The van der Waals surface area contributed by atoms with Crippen LogP contribution in [0.2, 0.25) is 5.02 Å². The molecule has 0 saturated heterocycles. The number of nitrogens with zero attached hydrogens (tertiary/aromatic N) is 2. The highest BCUT2D eigenvalue weighted by atomic mass is 35.5. The van der Waals surface area contributed by atoms with E-state index in [0.29, 0.717) is 10.9 Å². The van der Waals surface area contributed by atoms with E-state index in [9.17, 15) is 9.90 Å². The summed E-state index contributed by atoms with van der Waals surface area (Å²) in [6.07, 6.45) is 4.30. The van der Waals surface area contributed by atoms with Crippen LogP contribution >= 0.6 is 23.4 Å². The van der Waals surface area contributed by atoms with Gasteiger partial charge in [-0.25, -0.2) is 9.18 Å². The van der Waals surface area contributed by atoms with Crippen molar-refractivity contribution in [3.63, 3.8) is 0 Å². The van der Waals surface area contributed by atoms with Crippen molar-refractivity contribution in [1.82, 2.24) is 9.55 Å². The molecule has 0 radical (unpaired) electrons. The summed E-state index contributed by atoms with van der Waals surface area (Å²) >= 11 is 7.51. The molecular weight excluding hydrogens is 423 g/mol. The van der Waals surface area contributed by atoms with Gasteiger partial charge in [-0.3, -0.25) is 4.98 Å². The molecule has 0 unspecified atom stereocenters. The molecule has 30 heavy (non-hydrogen) atoms. The largest absolute Gasteiger partial charge is 0.478 e. The summed E-state index contributed by atoms with van der Waals surface area (Å²) < 4.78 is 17.0. The van der Waals surface area contributed by atoms with E-state index in [2.05, 4.69) is 4.98 Å². The van der Waals surface area contributed by atoms with E-state index in [4.69, 9.17) is 11.6 Å². The highest BCUT2D eigenvalue weighted by Gasteiger charge is 2.21. The maximum absolute atomic E-state index is 15.2. The zero-order valence-electron chi connectivity index (χ0n) is 16.3. The highest BCUT2D eigenvalue weighted by Crippen LogP contribution is 2.42. The topological polar surface area (TPSA) is 55.1 Å². The SMILES string of the molecule is CCc1cncc(-n2c(C)c(Sc3cccc(C(=O)O)c3)c3ccc(Cl)c(F)c32)c1. The Morgan fingerprint density at radius 3 is 2.77 bits per heavy atom. The lowest BCUT2D eigenvalue weighted by Gasteiger charge is -2.10. The fourth-order valence-electron chi connectivity index (χ4n) is 3.46. The number of carboxylic acid groups (broad SMARTS) is 1. The minimum atomic E-state index is -0.989. The average Bonchev–Trinajstić information content (AvgIpc) is 3.03. The van der Waals surface area contributed by atoms with Gasteiger partial charge in [-0.15, -0.1) is 0 Å². The number of hydrogen-bond acceptors (Lipinski definition) is 3. The molecule has 0 aliphatic heterocycles. The Labute approximate surface area is 182 Å². The molecule has 0 bridgehead atoms. The van der Waals surface area contributed by atoms with Crippen LogP contribution in [-0.4, -0.2) is 20.6 Å². The van der Waals surface area contributed by atoms with Crippen LogP contribution in [0.3, 0.4) is 0 Å². The van der Waals surface area contributed by atoms with Crippen molar-refractivity contribution in [3.8, 4) is 5.69 Å². The molecule has 4 aromatic rings. The molecule has 7 heteroatoms. The third kappa shape index (κ3) is 3.57. The standard InChI is InChI=1S/C23H18ClFN2O2S/c1-3-14-9-16(12-26-11-14)27-13(2)22(18-7-8-19(24)20(25)21(18)27)30-17-6-4-5-15(10-17)23(28)29/h4-12H,3H2,1-2H3,(H,28,29). The van der Waals surface area contributed by atoms with E-state index in [1.54, 1.807) is 42.7 Å². The molecule has 4 rings (SSSR count). The summed E-state index contributed by atoms with van der Waals surface area (Å²) in [5, 5.41) is 10.0. The van der Waals surface area contributed by atoms with Gasteiger partial charge in [-0.05, 0) is 55.3 Å². The van der Waals surface area contributed by atoms with Crippen molar-refractivity contribution >= 4 is 40.2 Å². The number of rotatable bonds is 5. The van der Waals surface area contributed by atoms with Crippen LogP contribution in [0.25, 0.3) is 16.6 Å². The molecule has 0 aliphatic carbocycles. The van der Waals surface area contributed by atoms with Gasteiger partial charge in [-0.1, -0.05) is 36.4 Å². The number of halogens is 2. The second-order valence-electron chi connectivity index (χ2n) is 6.85. The first-order valence-electron chi connectivity index (χ1n) is 9.35. The molecule has 0 spiro atoms. The Balaban J connectivity index is 1.95. The summed E-state index contributed by atoms with van der Waals surface area (Å²) in [4.78, 5) is 17.2. The summed E-state index contributed by atoms with van der Waals surface area (Å²) in [7, 11) is 0. The van der Waals surface area contributed by atoms with E-state index in [1.807, 2.05) is 30.5 Å². The Kier molecular flexibility index (Phi) is 5.54. The van der Waals surface area contributed by atoms with E-state index >= 15 is 4.39 Å². The van der Waals surface area contributed by atoms with Crippen LogP contribution in [-0.2, 0) is 6.42 Å². The predicted octanol–water partition coefficient (Wildman–Crippen LogP) is 6.54. The van der Waals surface area contributed by atoms with Gasteiger partial charge >= 0.3 is 5.97 Å². The summed E-state index contributed by atoms with van der Waals surface area (Å²) in [5.74, 6) is -1.48. The number of benzene rings is 2. The smallest absolute Gasteiger partial charge is 0.335 e. The molecular formula is C23H18ClFN2O2S. The van der Waals surface area contributed by atoms with Crippen LogP contribution in [0, 0.1) is 12.7 Å². The van der Waals surface area contributed by atoms with Crippen molar-refractivity contribution in [2.24, 2.45) is 0 Å². The molecule has 152 valence electrons. The number of carbonyl (C=O) groups is 1. The van der Waals surface area contributed by atoms with Crippen molar-refractivity contribution in [2.45, 2.75) is 30.1 Å². The number of pyridine rings is 1. The first kappa shape index (κ1) is 20.4. The Bertz CT molecular complexity index is 1290. The van der Waals surface area contributed by atoms with Crippen molar-refractivity contribution < 1.29 is 14.3 Å². The first-order chi connectivity index (χ1) is 14.4. The first-order valence-corrected chi connectivity index (χ1v) is 10.5. The predicted molar refractivity (Wildman–Crippen MR) is 118 cm³/mol. The van der Waals surface area contributed by atoms with Crippen molar-refractivity contribution in [2.75, 3.05) is 0 Å². The van der Waals surface area contributed by atoms with Gasteiger partial charge in [0.1, 0.15) is 0 Å². The number of fused-ring (bicyclic) bond motifs is 1. The summed E-state index contributed by atoms with van der Waals surface area (Å²) in [6.45, 7) is 3.95. The van der Waals surface area contributed by atoms with Crippen molar-refractivity contribution in [1.29, 1.82) is 0 Å². The zero-order chi connectivity index (χ0) is 21.4. The van der Waals surface area contributed by atoms with Crippen LogP contribution in [0.5, 0.6) is 0 Å². The molecule has 4 nitrogen and oxygen atoms in total. The molecule has 0 amide bonds. The maximum atomic E-state index is 15.2. The summed E-state index contributed by atoms with van der Waals surface area (Å²) in [6, 6.07) is 12.0. The molecule has 1 N–H and O–H groups in total. The number of aryl methyl sites for hydroxylation is 1. The van der Waals surface area contributed by atoms with E-state index in [-0.39, 0.29) is 10.6 Å². The Morgan fingerprint density at radius 2 is 2.03 bits per heavy atom. The second-order valence-corrected chi connectivity index (χ2v) is 8.34. The Hall–Kier alpha value is -2.83. The van der Waals surface area contributed by atoms with Crippen LogP contribution in [0.4, 0.5) is 4.39 Å². The average molecular weight is 441 g/mol. The summed E-state index contributed by atoms with van der Waals surface area (Å²) in [5.41, 5.74) is 3.21. The van der Waals surface area contributed by atoms with Gasteiger partial charge in [0.25, 0.3) is 0 Å². The van der Waals surface area contributed by atoms with E-state index in [1.165, 1.54) is 11.8 Å². The van der Waals surface area contributed by atoms with Gasteiger partial charge in [0.15, 0.2) is 5.82 Å². The molecule has 0 fully saturated rings. The van der Waals surface area contributed by atoms with Crippen LogP contribution < -0.4 is 0 Å². The lowest BCUT2D eigenvalue weighted by molar-refractivity contribution is 0.0696. The normalized spacial score (nSPS) is 11.2. The number of hydrogen-bond donors (Lipinski definition) is 1. The van der Waals surface area contributed by atoms with Gasteiger partial charge in [0, 0.05) is 27.1 Å². The zero-order valence-corrected chi connectivity index (χ0v) is 17.9. The molecule has 0 saturated carbocycles. The molecule has 0 atom stereocenters. The molecule has 2 aromatic heterocycles. The highest BCUT2D eigenvalue weighted by molar-refractivity contribution is 7.99. The Morgan fingerprint density at radius 1 is 1.23 bits per heavy atom.